The highest BCUT2D eigenvalue weighted by molar-refractivity contribution is 6.07. The van der Waals surface area contributed by atoms with Gasteiger partial charge in [-0.25, -0.2) is 0 Å². The Kier molecular flexibility index (Phi) is 7.09. The molecule has 0 unspecified atom stereocenters. The van der Waals surface area contributed by atoms with Crippen LogP contribution in [0.4, 0.5) is 11.4 Å². The van der Waals surface area contributed by atoms with E-state index in [4.69, 9.17) is 10.5 Å². The largest absolute Gasteiger partial charge is 0.489 e. The molecule has 0 aromatic heterocycles. The molecule has 3 N–H and O–H groups in total. The van der Waals surface area contributed by atoms with Gasteiger partial charge in [-0.2, -0.15) is 5.26 Å². The number of carbonyl (C=O) groups is 2. The van der Waals surface area contributed by atoms with Crippen LogP contribution in [0.2, 0.25) is 0 Å². The van der Waals surface area contributed by atoms with Gasteiger partial charge in [0.15, 0.2) is 0 Å². The summed E-state index contributed by atoms with van der Waals surface area (Å²) in [7, 11) is 0. The lowest BCUT2D eigenvalue weighted by atomic mass is 10.1. The predicted molar refractivity (Wildman–Crippen MR) is 131 cm³/mol. The van der Waals surface area contributed by atoms with Crippen molar-refractivity contribution >= 4 is 23.2 Å². The third-order valence-corrected chi connectivity index (χ3v) is 5.85. The van der Waals surface area contributed by atoms with Gasteiger partial charge in [-0.3, -0.25) is 9.59 Å². The molecule has 2 amide bonds. The molecule has 1 fully saturated rings. The normalized spacial score (nSPS) is 13.1. The van der Waals surface area contributed by atoms with E-state index in [0.29, 0.717) is 28.1 Å². The van der Waals surface area contributed by atoms with Crippen molar-refractivity contribution in [3.8, 4) is 11.8 Å². The Morgan fingerprint density at radius 3 is 2.53 bits per heavy atom. The summed E-state index contributed by atoms with van der Waals surface area (Å²) in [5.74, 6) is -0.348. The minimum Gasteiger partial charge on any atom is -0.489 e. The first-order chi connectivity index (χ1) is 16.5. The van der Waals surface area contributed by atoms with Gasteiger partial charge in [0.25, 0.3) is 5.91 Å². The molecule has 3 aromatic rings. The van der Waals surface area contributed by atoms with Crippen LogP contribution in [0, 0.1) is 11.3 Å². The molecular weight excluding hydrogens is 428 g/mol. The Bertz CT molecular complexity index is 1240. The van der Waals surface area contributed by atoms with Crippen molar-refractivity contribution in [1.82, 2.24) is 0 Å². The highest BCUT2D eigenvalue weighted by atomic mass is 16.5. The molecule has 7 nitrogen and oxygen atoms in total. The van der Waals surface area contributed by atoms with E-state index in [0.717, 1.165) is 37.2 Å². The SMILES string of the molecule is N#Cc1ccccc1COc1cccc(C(=O)Nc2cc(C(N)=O)ccc2N2CCCCC2)c1. The van der Waals surface area contributed by atoms with Crippen molar-refractivity contribution in [2.45, 2.75) is 25.9 Å². The Balaban J connectivity index is 1.53. The van der Waals surface area contributed by atoms with Gasteiger partial charge < -0.3 is 20.7 Å². The maximum Gasteiger partial charge on any atom is 0.255 e. The number of nitrogens with two attached hydrogens (primary N) is 1. The van der Waals surface area contributed by atoms with Crippen LogP contribution in [-0.2, 0) is 6.61 Å². The molecule has 1 aliphatic rings. The zero-order valence-corrected chi connectivity index (χ0v) is 18.8. The summed E-state index contributed by atoms with van der Waals surface area (Å²) >= 11 is 0. The topological polar surface area (TPSA) is 108 Å². The van der Waals surface area contributed by atoms with Gasteiger partial charge >= 0.3 is 0 Å². The third kappa shape index (κ3) is 5.36. The van der Waals surface area contributed by atoms with E-state index < -0.39 is 5.91 Å². The molecule has 1 saturated heterocycles. The summed E-state index contributed by atoms with van der Waals surface area (Å²) in [5, 5.41) is 12.2. The number of nitriles is 1. The van der Waals surface area contributed by atoms with Gasteiger partial charge in [0.2, 0.25) is 5.91 Å². The van der Waals surface area contributed by atoms with Crippen LogP contribution in [0.15, 0.2) is 66.7 Å². The average molecular weight is 455 g/mol. The molecule has 1 heterocycles. The van der Waals surface area contributed by atoms with E-state index in [1.165, 1.54) is 6.42 Å². The number of hydrogen-bond acceptors (Lipinski definition) is 5. The fraction of sp³-hybridized carbons (Fsp3) is 0.222. The molecule has 172 valence electrons. The first-order valence-electron chi connectivity index (χ1n) is 11.3. The third-order valence-electron chi connectivity index (χ3n) is 5.85. The summed E-state index contributed by atoms with van der Waals surface area (Å²) in [6.07, 6.45) is 3.35. The molecule has 0 spiro atoms. The molecular formula is C27H26N4O3. The average Bonchev–Trinajstić information content (AvgIpc) is 2.88. The van der Waals surface area contributed by atoms with Gasteiger partial charge in [0, 0.05) is 29.8 Å². The van der Waals surface area contributed by atoms with E-state index in [1.807, 2.05) is 18.2 Å². The number of hydrogen-bond donors (Lipinski definition) is 2. The van der Waals surface area contributed by atoms with Crippen LogP contribution in [0.3, 0.4) is 0 Å². The van der Waals surface area contributed by atoms with Crippen LogP contribution in [0.1, 0.15) is 51.1 Å². The minimum absolute atomic E-state index is 0.217. The standard InChI is InChI=1S/C27H26N4O3/c28-17-21-7-2-3-8-22(21)18-34-23-10-6-9-20(15-23)27(33)30-24-16-19(26(29)32)11-12-25(24)31-13-4-1-5-14-31/h2-3,6-12,15-16H,1,4-5,13-14,18H2,(H2,29,32)(H,30,33). The molecule has 1 aliphatic heterocycles. The lowest BCUT2D eigenvalue weighted by Crippen LogP contribution is -2.30. The van der Waals surface area contributed by atoms with Crippen LogP contribution in [0.25, 0.3) is 0 Å². The van der Waals surface area contributed by atoms with Gasteiger partial charge in [0.05, 0.1) is 23.0 Å². The summed E-state index contributed by atoms with van der Waals surface area (Å²) < 4.78 is 5.84. The van der Waals surface area contributed by atoms with E-state index in [1.54, 1.807) is 48.5 Å². The number of carbonyl (C=O) groups excluding carboxylic acids is 2. The number of ether oxygens (including phenoxy) is 1. The maximum absolute atomic E-state index is 13.1. The Hall–Kier alpha value is -4.31. The number of benzene rings is 3. The van der Waals surface area contributed by atoms with Crippen molar-refractivity contribution < 1.29 is 14.3 Å². The summed E-state index contributed by atoms with van der Waals surface area (Å²) in [6.45, 7) is 2.01. The maximum atomic E-state index is 13.1. The number of rotatable bonds is 7. The molecule has 0 atom stereocenters. The van der Waals surface area contributed by atoms with Crippen LogP contribution in [0.5, 0.6) is 5.75 Å². The van der Waals surface area contributed by atoms with E-state index >= 15 is 0 Å². The number of nitrogens with zero attached hydrogens (tertiary/aromatic N) is 2. The molecule has 0 bridgehead atoms. The highest BCUT2D eigenvalue weighted by Gasteiger charge is 2.18. The fourth-order valence-electron chi connectivity index (χ4n) is 4.04. The van der Waals surface area contributed by atoms with Gasteiger partial charge in [0.1, 0.15) is 12.4 Å². The lowest BCUT2D eigenvalue weighted by Gasteiger charge is -2.30. The quantitative estimate of drug-likeness (QED) is 0.547. The molecule has 34 heavy (non-hydrogen) atoms. The second kappa shape index (κ2) is 10.5. The van der Waals surface area contributed by atoms with Crippen LogP contribution in [-0.4, -0.2) is 24.9 Å². The Labute approximate surface area is 198 Å². The molecule has 4 rings (SSSR count). The molecule has 7 heteroatoms. The molecule has 0 saturated carbocycles. The van der Waals surface area contributed by atoms with Gasteiger partial charge in [-0.1, -0.05) is 24.3 Å². The fourth-order valence-corrected chi connectivity index (χ4v) is 4.04. The summed E-state index contributed by atoms with van der Waals surface area (Å²) in [5.41, 5.74) is 8.98. The Morgan fingerprint density at radius 2 is 1.76 bits per heavy atom. The lowest BCUT2D eigenvalue weighted by molar-refractivity contribution is 0.0996. The number of anilines is 2. The summed E-state index contributed by atoms with van der Waals surface area (Å²) in [6, 6.07) is 21.4. The number of amides is 2. The van der Waals surface area contributed by atoms with Crippen molar-refractivity contribution in [1.29, 1.82) is 5.26 Å². The van der Waals surface area contributed by atoms with E-state index in [9.17, 15) is 14.9 Å². The molecule has 0 radical (unpaired) electrons. The van der Waals surface area contributed by atoms with E-state index in [-0.39, 0.29) is 12.5 Å². The zero-order chi connectivity index (χ0) is 23.9. The predicted octanol–water partition coefficient (Wildman–Crippen LogP) is 4.48. The smallest absolute Gasteiger partial charge is 0.255 e. The first-order valence-corrected chi connectivity index (χ1v) is 11.3. The Morgan fingerprint density at radius 1 is 0.971 bits per heavy atom. The molecule has 0 aliphatic carbocycles. The summed E-state index contributed by atoms with van der Waals surface area (Å²) in [4.78, 5) is 27.1. The first kappa shape index (κ1) is 22.9. The van der Waals surface area contributed by atoms with E-state index in [2.05, 4.69) is 16.3 Å². The number of piperidine rings is 1. The van der Waals surface area contributed by atoms with Crippen LogP contribution >= 0.6 is 0 Å². The van der Waals surface area contributed by atoms with Crippen molar-refractivity contribution in [2.24, 2.45) is 5.73 Å². The van der Waals surface area contributed by atoms with Gasteiger partial charge in [-0.05, 0) is 61.7 Å². The van der Waals surface area contributed by atoms with Crippen molar-refractivity contribution in [3.05, 3.63) is 89.0 Å². The van der Waals surface area contributed by atoms with Crippen molar-refractivity contribution in [2.75, 3.05) is 23.3 Å². The van der Waals surface area contributed by atoms with Crippen LogP contribution < -0.4 is 20.7 Å². The minimum atomic E-state index is -0.547. The van der Waals surface area contributed by atoms with Gasteiger partial charge in [-0.15, -0.1) is 0 Å². The number of primary amides is 1. The zero-order valence-electron chi connectivity index (χ0n) is 18.8. The second-order valence-corrected chi connectivity index (χ2v) is 8.18. The molecule has 3 aromatic carbocycles. The number of nitrogens with one attached hydrogen (secondary N) is 1. The van der Waals surface area contributed by atoms with Crippen molar-refractivity contribution in [3.63, 3.8) is 0 Å². The second-order valence-electron chi connectivity index (χ2n) is 8.18. The highest BCUT2D eigenvalue weighted by Crippen LogP contribution is 2.30. The monoisotopic (exact) mass is 454 g/mol.